The Hall–Kier alpha value is -1.94. The molecule has 0 amide bonds. The molecule has 0 saturated heterocycles. The van der Waals surface area contributed by atoms with E-state index in [4.69, 9.17) is 37.0 Å². The van der Waals surface area contributed by atoms with Crippen LogP contribution in [0.25, 0.3) is 0 Å². The molecule has 0 bridgehead atoms. The molecule has 2 unspecified atom stereocenters. The Morgan fingerprint density at radius 3 is 0.654 bits per heavy atom. The van der Waals surface area contributed by atoms with Gasteiger partial charge in [-0.25, -0.2) is 9.13 Å². The number of rotatable bonds is 83. The third kappa shape index (κ3) is 78.2. The van der Waals surface area contributed by atoms with Crippen LogP contribution in [0.3, 0.4) is 0 Å². The second-order valence-corrected chi connectivity index (χ2v) is 34.9. The zero-order chi connectivity index (χ0) is 76.5. The molecule has 3 N–H and O–H groups in total. The minimum Gasteiger partial charge on any atom is -0.462 e. The van der Waals surface area contributed by atoms with E-state index in [9.17, 15) is 43.2 Å². The molecular weight excluding hydrogens is 1350 g/mol. The number of phosphoric ester groups is 2. The van der Waals surface area contributed by atoms with Gasteiger partial charge in [0.05, 0.1) is 26.4 Å². The first-order valence-corrected chi connectivity index (χ1v) is 46.8. The maximum absolute atomic E-state index is 13.1. The summed E-state index contributed by atoms with van der Waals surface area (Å²) in [5.74, 6) is 0.219. The van der Waals surface area contributed by atoms with Crippen LogP contribution < -0.4 is 0 Å². The van der Waals surface area contributed by atoms with Crippen molar-refractivity contribution < 1.29 is 80.2 Å². The molecule has 17 nitrogen and oxygen atoms in total. The highest BCUT2D eigenvalue weighted by atomic mass is 31.2. The number of carbonyl (C=O) groups is 4. The Morgan fingerprint density at radius 1 is 0.260 bits per heavy atom. The quantitative estimate of drug-likeness (QED) is 0.0222. The molecule has 0 aromatic rings. The Labute approximate surface area is 638 Å². The summed E-state index contributed by atoms with van der Waals surface area (Å²) in [6, 6.07) is 0. The largest absolute Gasteiger partial charge is 0.472 e. The van der Waals surface area contributed by atoms with Crippen molar-refractivity contribution in [1.82, 2.24) is 0 Å². The van der Waals surface area contributed by atoms with E-state index in [2.05, 4.69) is 48.5 Å². The van der Waals surface area contributed by atoms with Gasteiger partial charge < -0.3 is 33.8 Å². The Kier molecular flexibility index (Phi) is 73.7. The van der Waals surface area contributed by atoms with E-state index in [1.54, 1.807) is 0 Å². The first-order chi connectivity index (χ1) is 50.2. The lowest BCUT2D eigenvalue weighted by Crippen LogP contribution is -2.30. The SMILES string of the molecule is CCCCCCCCCCCCCCCCCCC(=O)O[C@H](COC(=O)CCCCCCCCCC(C)C)COP(=O)(O)OC[C@H](O)COP(=O)(O)OC[C@@H](COC(=O)CCCCCCCCCCCCCCCCC(C)C)OC(=O)CCCCCCCCCCCCCCCCCCCCC(C)C. The van der Waals surface area contributed by atoms with Crippen LogP contribution in [0.5, 0.6) is 0 Å². The van der Waals surface area contributed by atoms with Crippen molar-refractivity contribution in [3.63, 3.8) is 0 Å². The third-order valence-corrected chi connectivity index (χ3v) is 21.8. The molecule has 5 atom stereocenters. The Balaban J connectivity index is 5.23. The maximum atomic E-state index is 13.1. The van der Waals surface area contributed by atoms with E-state index in [0.717, 1.165) is 108 Å². The smallest absolute Gasteiger partial charge is 0.462 e. The van der Waals surface area contributed by atoms with E-state index in [-0.39, 0.29) is 25.7 Å². The summed E-state index contributed by atoms with van der Waals surface area (Å²) in [7, 11) is -9.93. The Morgan fingerprint density at radius 2 is 0.442 bits per heavy atom. The topological polar surface area (TPSA) is 237 Å². The number of hydrogen-bond acceptors (Lipinski definition) is 15. The van der Waals surface area contributed by atoms with Crippen LogP contribution in [0, 0.1) is 17.8 Å². The van der Waals surface area contributed by atoms with E-state index in [1.807, 2.05) is 0 Å². The lowest BCUT2D eigenvalue weighted by molar-refractivity contribution is -0.161. The van der Waals surface area contributed by atoms with Crippen molar-refractivity contribution in [1.29, 1.82) is 0 Å². The van der Waals surface area contributed by atoms with Crippen molar-refractivity contribution in [3.05, 3.63) is 0 Å². The average molecular weight is 1520 g/mol. The van der Waals surface area contributed by atoms with Crippen LogP contribution in [0.15, 0.2) is 0 Å². The fraction of sp³-hybridized carbons (Fsp3) is 0.953. The van der Waals surface area contributed by atoms with Gasteiger partial charge in [0.25, 0.3) is 0 Å². The molecule has 0 spiro atoms. The molecule has 0 heterocycles. The van der Waals surface area contributed by atoms with Crippen LogP contribution in [0.1, 0.15) is 447 Å². The summed E-state index contributed by atoms with van der Waals surface area (Å²) in [6.45, 7) is 12.0. The molecule has 0 saturated carbocycles. The van der Waals surface area contributed by atoms with Crippen molar-refractivity contribution in [2.45, 2.75) is 465 Å². The summed E-state index contributed by atoms with van der Waals surface area (Å²) in [4.78, 5) is 73.2. The third-order valence-electron chi connectivity index (χ3n) is 19.9. The van der Waals surface area contributed by atoms with Gasteiger partial charge in [-0.3, -0.25) is 37.3 Å². The fourth-order valence-electron chi connectivity index (χ4n) is 13.2. The van der Waals surface area contributed by atoms with Crippen LogP contribution in [-0.4, -0.2) is 96.7 Å². The van der Waals surface area contributed by atoms with Gasteiger partial charge in [0, 0.05) is 25.7 Å². The van der Waals surface area contributed by atoms with E-state index in [1.165, 1.54) is 250 Å². The molecule has 0 rings (SSSR count). The molecule has 618 valence electrons. The zero-order valence-electron chi connectivity index (χ0n) is 68.5. The summed E-state index contributed by atoms with van der Waals surface area (Å²) >= 11 is 0. The minimum absolute atomic E-state index is 0.108. The van der Waals surface area contributed by atoms with Crippen LogP contribution >= 0.6 is 15.6 Å². The lowest BCUT2D eigenvalue weighted by atomic mass is 10.0. The summed E-state index contributed by atoms with van der Waals surface area (Å²) in [6.07, 6.45) is 65.3. The van der Waals surface area contributed by atoms with Crippen molar-refractivity contribution in [2.24, 2.45) is 17.8 Å². The number of ether oxygens (including phenoxy) is 4. The molecule has 0 aromatic heterocycles. The Bertz CT molecular complexity index is 2010. The van der Waals surface area contributed by atoms with E-state index in [0.29, 0.717) is 31.6 Å². The standard InChI is InChI=1S/C85H166O17P2/c1-8-9-10-11-12-13-14-15-16-22-29-34-39-46-54-61-69-85(90)102-81(73-96-83(88)67-60-53-48-41-44-51-58-65-78(6)7)75-100-104(93,94)98-71-79(86)70-97-103(91,92)99-74-80(72-95-82(87)66-59-52-45-38-33-28-25-24-27-32-37-43-50-57-64-77(4)5)101-84(89)68-62-55-47-40-35-30-23-20-18-17-19-21-26-31-36-42-49-56-63-76(2)3/h76-81,86H,8-75H2,1-7H3,(H,91,92)(H,93,94)/t79-,80-,81-/m1/s1. The second kappa shape index (κ2) is 75.1. The van der Waals surface area contributed by atoms with Gasteiger partial charge in [-0.1, -0.05) is 395 Å². The molecule has 0 aliphatic rings. The van der Waals surface area contributed by atoms with Gasteiger partial charge in [-0.05, 0) is 43.4 Å². The van der Waals surface area contributed by atoms with E-state index >= 15 is 0 Å². The van der Waals surface area contributed by atoms with Crippen LogP contribution in [-0.2, 0) is 65.4 Å². The highest BCUT2D eigenvalue weighted by Crippen LogP contribution is 2.45. The molecule has 0 aromatic carbocycles. The van der Waals surface area contributed by atoms with Gasteiger partial charge in [0.1, 0.15) is 19.3 Å². The number of phosphoric acid groups is 2. The first-order valence-electron chi connectivity index (χ1n) is 43.8. The number of aliphatic hydroxyl groups is 1. The van der Waals surface area contributed by atoms with Gasteiger partial charge >= 0.3 is 39.5 Å². The number of esters is 4. The van der Waals surface area contributed by atoms with Gasteiger partial charge in [0.15, 0.2) is 12.2 Å². The summed E-state index contributed by atoms with van der Waals surface area (Å²) < 4.78 is 68.8. The predicted molar refractivity (Wildman–Crippen MR) is 428 cm³/mol. The highest BCUT2D eigenvalue weighted by molar-refractivity contribution is 7.47. The molecule has 19 heteroatoms. The van der Waals surface area contributed by atoms with E-state index < -0.39 is 97.5 Å². The summed E-state index contributed by atoms with van der Waals surface area (Å²) in [5.41, 5.74) is 0. The van der Waals surface area contributed by atoms with Crippen LogP contribution in [0.2, 0.25) is 0 Å². The minimum atomic E-state index is -4.97. The first kappa shape index (κ1) is 102. The summed E-state index contributed by atoms with van der Waals surface area (Å²) in [5, 5.41) is 10.7. The molecule has 0 fully saturated rings. The van der Waals surface area contributed by atoms with Crippen LogP contribution in [0.4, 0.5) is 0 Å². The number of hydrogen-bond donors (Lipinski definition) is 3. The van der Waals surface area contributed by atoms with Crippen molar-refractivity contribution in [3.8, 4) is 0 Å². The highest BCUT2D eigenvalue weighted by Gasteiger charge is 2.30. The van der Waals surface area contributed by atoms with Crippen molar-refractivity contribution in [2.75, 3.05) is 39.6 Å². The zero-order valence-corrected chi connectivity index (χ0v) is 70.3. The number of carbonyl (C=O) groups excluding carboxylic acids is 4. The average Bonchev–Trinajstić information content (AvgIpc) is 0.908. The molecule has 0 aliphatic heterocycles. The number of aliphatic hydroxyl groups excluding tert-OH is 1. The maximum Gasteiger partial charge on any atom is 0.472 e. The van der Waals surface area contributed by atoms with Crippen molar-refractivity contribution >= 4 is 39.5 Å². The van der Waals surface area contributed by atoms with Gasteiger partial charge in [-0.2, -0.15) is 0 Å². The normalized spacial score (nSPS) is 13.9. The van der Waals surface area contributed by atoms with Gasteiger partial charge in [0.2, 0.25) is 0 Å². The second-order valence-electron chi connectivity index (χ2n) is 32.0. The molecule has 0 radical (unpaired) electrons. The molecular formula is C85H166O17P2. The molecule has 0 aliphatic carbocycles. The molecule has 104 heavy (non-hydrogen) atoms. The fourth-order valence-corrected chi connectivity index (χ4v) is 14.8. The predicted octanol–water partition coefficient (Wildman–Crippen LogP) is 25.7. The van der Waals surface area contributed by atoms with Gasteiger partial charge in [-0.15, -0.1) is 0 Å². The monoisotopic (exact) mass is 1520 g/mol. The lowest BCUT2D eigenvalue weighted by Gasteiger charge is -2.21. The number of unbranched alkanes of at least 4 members (excludes halogenated alkanes) is 51.